The maximum atomic E-state index is 13.7. The van der Waals surface area contributed by atoms with Crippen molar-refractivity contribution in [2.45, 2.75) is 25.6 Å². The highest BCUT2D eigenvalue weighted by Gasteiger charge is 2.21. The second-order valence-corrected chi connectivity index (χ2v) is 9.09. The minimum atomic E-state index is -0.476. The molecule has 1 N–H and O–H groups in total. The molecule has 0 amide bonds. The lowest BCUT2D eigenvalue weighted by molar-refractivity contribution is 0.115. The van der Waals surface area contributed by atoms with Crippen molar-refractivity contribution in [3.05, 3.63) is 83.4 Å². The van der Waals surface area contributed by atoms with Crippen molar-refractivity contribution >= 4 is 34.0 Å². The van der Waals surface area contributed by atoms with Crippen LogP contribution in [0.15, 0.2) is 67.0 Å². The molecule has 5 rings (SSSR count). The molecule has 3 aromatic carbocycles. The molecule has 0 atom stereocenters. The molecule has 180 valence electrons. The number of hydrogen-bond acceptors (Lipinski definition) is 6. The van der Waals surface area contributed by atoms with Crippen LogP contribution in [0.1, 0.15) is 18.4 Å². The molecule has 4 aromatic rings. The van der Waals surface area contributed by atoms with E-state index in [1.807, 2.05) is 42.5 Å². The molecule has 0 bridgehead atoms. The molecule has 0 saturated carbocycles. The summed E-state index contributed by atoms with van der Waals surface area (Å²) in [6.07, 6.45) is 3.41. The van der Waals surface area contributed by atoms with Crippen LogP contribution in [0.3, 0.4) is 0 Å². The first-order valence-electron chi connectivity index (χ1n) is 11.6. The van der Waals surface area contributed by atoms with Gasteiger partial charge in [0.1, 0.15) is 42.2 Å². The van der Waals surface area contributed by atoms with E-state index >= 15 is 0 Å². The third-order valence-electron chi connectivity index (χ3n) is 6.07. The second-order valence-electron chi connectivity index (χ2n) is 8.69. The fourth-order valence-electron chi connectivity index (χ4n) is 4.13. The van der Waals surface area contributed by atoms with E-state index in [-0.39, 0.29) is 11.1 Å². The number of hydrogen-bond donors (Lipinski definition) is 1. The largest absolute Gasteiger partial charge is 0.489 e. The highest BCUT2D eigenvalue weighted by molar-refractivity contribution is 6.31. The lowest BCUT2D eigenvalue weighted by atomic mass is 10.1. The Labute approximate surface area is 208 Å². The standard InChI is InChI=1S/C27H26ClFN4O2/c1-33-11-9-20(10-12-33)35-25-15-21(34-16-18-5-3-2-4-6-18)14-24-26(25)27(31-17-30-24)32-19-7-8-23(29)22(28)13-19/h2-8,13-15,17,20H,9-12,16H2,1H3,(H,30,31,32). The minimum Gasteiger partial charge on any atom is -0.489 e. The van der Waals surface area contributed by atoms with Gasteiger partial charge in [-0.15, -0.1) is 0 Å². The van der Waals surface area contributed by atoms with Crippen LogP contribution in [0.5, 0.6) is 11.5 Å². The molecular formula is C27H26ClFN4O2. The van der Waals surface area contributed by atoms with Gasteiger partial charge in [0.25, 0.3) is 0 Å². The predicted molar refractivity (Wildman–Crippen MR) is 136 cm³/mol. The van der Waals surface area contributed by atoms with Gasteiger partial charge in [-0.2, -0.15) is 0 Å². The van der Waals surface area contributed by atoms with Crippen molar-refractivity contribution in [3.63, 3.8) is 0 Å². The molecule has 0 aliphatic carbocycles. The van der Waals surface area contributed by atoms with Crippen LogP contribution in [0.2, 0.25) is 5.02 Å². The van der Waals surface area contributed by atoms with Crippen molar-refractivity contribution < 1.29 is 13.9 Å². The van der Waals surface area contributed by atoms with E-state index in [4.69, 9.17) is 21.1 Å². The molecule has 6 nitrogen and oxygen atoms in total. The number of benzene rings is 3. The van der Waals surface area contributed by atoms with Crippen molar-refractivity contribution in [1.29, 1.82) is 0 Å². The van der Waals surface area contributed by atoms with Gasteiger partial charge in [-0.25, -0.2) is 14.4 Å². The molecule has 1 aliphatic heterocycles. The second kappa shape index (κ2) is 10.5. The molecule has 1 aromatic heterocycles. The van der Waals surface area contributed by atoms with Crippen LogP contribution >= 0.6 is 11.6 Å². The van der Waals surface area contributed by atoms with Crippen molar-refractivity contribution in [2.75, 3.05) is 25.5 Å². The Hall–Kier alpha value is -3.42. The lowest BCUT2D eigenvalue weighted by Gasteiger charge is -2.30. The smallest absolute Gasteiger partial charge is 0.145 e. The maximum Gasteiger partial charge on any atom is 0.145 e. The van der Waals surface area contributed by atoms with Gasteiger partial charge in [0.15, 0.2) is 0 Å². The van der Waals surface area contributed by atoms with E-state index in [1.165, 1.54) is 18.5 Å². The number of fused-ring (bicyclic) bond motifs is 1. The number of piperidine rings is 1. The zero-order chi connectivity index (χ0) is 24.2. The van der Waals surface area contributed by atoms with Crippen molar-refractivity contribution in [3.8, 4) is 11.5 Å². The number of halogens is 2. The molecule has 1 fully saturated rings. The fraction of sp³-hybridized carbons (Fsp3) is 0.259. The number of ether oxygens (including phenoxy) is 2. The number of rotatable bonds is 7. The van der Waals surface area contributed by atoms with Crippen LogP contribution in [0.25, 0.3) is 10.9 Å². The van der Waals surface area contributed by atoms with Gasteiger partial charge in [-0.1, -0.05) is 41.9 Å². The number of aromatic nitrogens is 2. The molecule has 8 heteroatoms. The molecule has 1 saturated heterocycles. The van der Waals surface area contributed by atoms with Crippen molar-refractivity contribution in [2.24, 2.45) is 0 Å². The van der Waals surface area contributed by atoms with Gasteiger partial charge >= 0.3 is 0 Å². The third kappa shape index (κ3) is 5.63. The molecule has 0 unspecified atom stereocenters. The summed E-state index contributed by atoms with van der Waals surface area (Å²) >= 11 is 5.98. The lowest BCUT2D eigenvalue weighted by Crippen LogP contribution is -2.35. The Bertz CT molecular complexity index is 1310. The van der Waals surface area contributed by atoms with Gasteiger partial charge in [-0.05, 0) is 43.7 Å². The van der Waals surface area contributed by atoms with E-state index in [1.54, 1.807) is 6.07 Å². The first kappa shape index (κ1) is 23.3. The van der Waals surface area contributed by atoms with Crippen LogP contribution in [0.4, 0.5) is 15.9 Å². The van der Waals surface area contributed by atoms with Crippen LogP contribution in [0, 0.1) is 5.82 Å². The SMILES string of the molecule is CN1CCC(Oc2cc(OCc3ccccc3)cc3ncnc(Nc4ccc(F)c(Cl)c4)c23)CC1. The number of nitrogens with one attached hydrogen (secondary N) is 1. The van der Waals surface area contributed by atoms with E-state index in [9.17, 15) is 4.39 Å². The Morgan fingerprint density at radius 2 is 1.86 bits per heavy atom. The molecule has 35 heavy (non-hydrogen) atoms. The first-order chi connectivity index (χ1) is 17.0. The van der Waals surface area contributed by atoms with E-state index in [0.29, 0.717) is 35.1 Å². The Balaban J connectivity index is 1.50. The normalized spacial score (nSPS) is 14.7. The summed E-state index contributed by atoms with van der Waals surface area (Å²) in [5.41, 5.74) is 2.37. The van der Waals surface area contributed by atoms with Crippen LogP contribution in [-0.2, 0) is 6.61 Å². The van der Waals surface area contributed by atoms with E-state index in [2.05, 4.69) is 27.2 Å². The zero-order valence-electron chi connectivity index (χ0n) is 19.4. The predicted octanol–water partition coefficient (Wildman–Crippen LogP) is 6.22. The Kier molecular flexibility index (Phi) is 6.97. The Morgan fingerprint density at radius 1 is 1.06 bits per heavy atom. The summed E-state index contributed by atoms with van der Waals surface area (Å²) in [5.74, 6) is 1.39. The average molecular weight is 493 g/mol. The highest BCUT2D eigenvalue weighted by atomic mass is 35.5. The van der Waals surface area contributed by atoms with Gasteiger partial charge in [0.05, 0.1) is 15.9 Å². The van der Waals surface area contributed by atoms with Crippen molar-refractivity contribution in [1.82, 2.24) is 14.9 Å². The molecule has 1 aliphatic rings. The minimum absolute atomic E-state index is 0.0350. The summed E-state index contributed by atoms with van der Waals surface area (Å²) in [6, 6.07) is 18.2. The zero-order valence-corrected chi connectivity index (χ0v) is 20.1. The van der Waals surface area contributed by atoms with Gasteiger partial charge in [-0.3, -0.25) is 0 Å². The number of anilines is 2. The summed E-state index contributed by atoms with van der Waals surface area (Å²) in [5, 5.41) is 4.02. The fourth-order valence-corrected chi connectivity index (χ4v) is 4.31. The topological polar surface area (TPSA) is 59.5 Å². The summed E-state index contributed by atoms with van der Waals surface area (Å²) in [4.78, 5) is 11.2. The Morgan fingerprint density at radius 3 is 2.63 bits per heavy atom. The van der Waals surface area contributed by atoms with Crippen LogP contribution in [-0.4, -0.2) is 41.1 Å². The highest BCUT2D eigenvalue weighted by Crippen LogP contribution is 2.37. The summed E-state index contributed by atoms with van der Waals surface area (Å²) in [6.45, 7) is 2.38. The average Bonchev–Trinajstić information content (AvgIpc) is 2.87. The molecule has 2 heterocycles. The van der Waals surface area contributed by atoms with Gasteiger partial charge < -0.3 is 19.7 Å². The van der Waals surface area contributed by atoms with E-state index in [0.717, 1.165) is 36.9 Å². The number of nitrogens with zero attached hydrogens (tertiary/aromatic N) is 3. The monoisotopic (exact) mass is 492 g/mol. The van der Waals surface area contributed by atoms with Gasteiger partial charge in [0, 0.05) is 30.9 Å². The van der Waals surface area contributed by atoms with Crippen LogP contribution < -0.4 is 14.8 Å². The maximum absolute atomic E-state index is 13.7. The first-order valence-corrected chi connectivity index (χ1v) is 12.0. The molecular weight excluding hydrogens is 467 g/mol. The van der Waals surface area contributed by atoms with Gasteiger partial charge in [0.2, 0.25) is 0 Å². The molecule has 0 radical (unpaired) electrons. The summed E-state index contributed by atoms with van der Waals surface area (Å²) in [7, 11) is 2.12. The van der Waals surface area contributed by atoms with E-state index < -0.39 is 5.82 Å². The number of likely N-dealkylation sites (tertiary alicyclic amines) is 1. The third-order valence-corrected chi connectivity index (χ3v) is 6.35. The summed E-state index contributed by atoms with van der Waals surface area (Å²) < 4.78 is 26.3. The quantitative estimate of drug-likeness (QED) is 0.330. The molecule has 0 spiro atoms.